The van der Waals surface area contributed by atoms with E-state index >= 15 is 0 Å². The average Bonchev–Trinajstić information content (AvgIpc) is 3.22. The fourth-order valence-electron chi connectivity index (χ4n) is 2.92. The van der Waals surface area contributed by atoms with E-state index in [0.717, 1.165) is 30.7 Å². The highest BCUT2D eigenvalue weighted by Gasteiger charge is 2.15. The monoisotopic (exact) mass is 297 g/mol. The highest BCUT2D eigenvalue weighted by Crippen LogP contribution is 2.22. The quantitative estimate of drug-likeness (QED) is 0.872. The van der Waals surface area contributed by atoms with Crippen molar-refractivity contribution in [1.29, 1.82) is 0 Å². The second-order valence-corrected chi connectivity index (χ2v) is 5.81. The van der Waals surface area contributed by atoms with Crippen LogP contribution in [-0.2, 0) is 17.7 Å². The van der Waals surface area contributed by atoms with Crippen LogP contribution in [0.4, 0.5) is 0 Å². The van der Waals surface area contributed by atoms with Gasteiger partial charge >= 0.3 is 0 Å². The van der Waals surface area contributed by atoms with E-state index in [2.05, 4.69) is 11.4 Å². The molecule has 2 aromatic rings. The third kappa shape index (κ3) is 2.71. The van der Waals surface area contributed by atoms with Gasteiger partial charge in [0, 0.05) is 18.8 Å². The zero-order chi connectivity index (χ0) is 14.8. The van der Waals surface area contributed by atoms with Crippen LogP contribution in [0, 0.1) is 0 Å². The number of ether oxygens (including phenoxy) is 1. The molecule has 1 aliphatic heterocycles. The van der Waals surface area contributed by atoms with E-state index < -0.39 is 0 Å². The number of hydrogen-bond acceptors (Lipinski definition) is 4. The molecular weight excluding hydrogens is 278 g/mol. The first-order valence-electron chi connectivity index (χ1n) is 7.87. The second-order valence-electron chi connectivity index (χ2n) is 5.81. The maximum atomic E-state index is 5.73. The number of nitrogens with zero attached hydrogens (tertiary/aromatic N) is 3. The SMILES string of the molecule is C1=NOC(COc2ccc(-n3cc4c(n3)CCCC4)cc2)C1. The van der Waals surface area contributed by atoms with Gasteiger partial charge in [-0.15, -0.1) is 0 Å². The summed E-state index contributed by atoms with van der Waals surface area (Å²) in [5, 5.41) is 8.45. The Kier molecular flexibility index (Phi) is 3.54. The van der Waals surface area contributed by atoms with Crippen molar-refractivity contribution in [2.24, 2.45) is 5.16 Å². The van der Waals surface area contributed by atoms with Gasteiger partial charge in [-0.25, -0.2) is 4.68 Å². The van der Waals surface area contributed by atoms with Crippen molar-refractivity contribution in [3.8, 4) is 11.4 Å². The van der Waals surface area contributed by atoms with Crippen LogP contribution >= 0.6 is 0 Å². The maximum Gasteiger partial charge on any atom is 0.166 e. The van der Waals surface area contributed by atoms with E-state index in [1.165, 1.54) is 24.1 Å². The Morgan fingerprint density at radius 2 is 2.05 bits per heavy atom. The van der Waals surface area contributed by atoms with Crippen molar-refractivity contribution in [1.82, 2.24) is 9.78 Å². The van der Waals surface area contributed by atoms with Crippen LogP contribution in [0.5, 0.6) is 5.75 Å². The molecule has 0 fully saturated rings. The third-order valence-corrected chi connectivity index (χ3v) is 4.18. The molecule has 0 saturated heterocycles. The van der Waals surface area contributed by atoms with Crippen LogP contribution in [0.25, 0.3) is 5.69 Å². The molecular formula is C17H19N3O2. The molecule has 114 valence electrons. The highest BCUT2D eigenvalue weighted by atomic mass is 16.7. The van der Waals surface area contributed by atoms with Gasteiger partial charge in [-0.05, 0) is 55.5 Å². The van der Waals surface area contributed by atoms with Gasteiger partial charge in [0.25, 0.3) is 0 Å². The van der Waals surface area contributed by atoms with E-state index in [1.807, 2.05) is 28.9 Å². The molecule has 22 heavy (non-hydrogen) atoms. The molecule has 1 aliphatic carbocycles. The Balaban J connectivity index is 1.43. The van der Waals surface area contributed by atoms with Crippen LogP contribution < -0.4 is 4.74 Å². The smallest absolute Gasteiger partial charge is 0.166 e. The first kappa shape index (κ1) is 13.4. The number of oxime groups is 1. The topological polar surface area (TPSA) is 48.6 Å². The molecule has 4 rings (SSSR count). The van der Waals surface area contributed by atoms with E-state index in [4.69, 9.17) is 14.7 Å². The van der Waals surface area contributed by atoms with Gasteiger partial charge in [0.1, 0.15) is 12.4 Å². The Morgan fingerprint density at radius 3 is 2.82 bits per heavy atom. The van der Waals surface area contributed by atoms with Crippen LogP contribution in [-0.4, -0.2) is 28.7 Å². The minimum absolute atomic E-state index is 0.0394. The molecule has 5 nitrogen and oxygen atoms in total. The summed E-state index contributed by atoms with van der Waals surface area (Å²) in [6.45, 7) is 0.523. The van der Waals surface area contributed by atoms with Crippen molar-refractivity contribution in [2.45, 2.75) is 38.2 Å². The summed E-state index contributed by atoms with van der Waals surface area (Å²) >= 11 is 0. The number of aryl methyl sites for hydroxylation is 2. The van der Waals surface area contributed by atoms with Gasteiger partial charge in [-0.1, -0.05) is 5.16 Å². The first-order chi connectivity index (χ1) is 10.9. The summed E-state index contributed by atoms with van der Waals surface area (Å²) in [6, 6.07) is 8.04. The normalized spacial score (nSPS) is 19.7. The number of aromatic nitrogens is 2. The molecule has 1 atom stereocenters. The standard InChI is InChI=1S/C17H19N3O2/c1-2-4-17-13(3-1)11-20(19-17)14-5-7-15(8-6-14)21-12-16-9-10-18-22-16/h5-8,10-11,16H,1-4,9,12H2. The lowest BCUT2D eigenvalue weighted by molar-refractivity contribution is 0.0471. The van der Waals surface area contributed by atoms with E-state index in [0.29, 0.717) is 6.61 Å². The minimum Gasteiger partial charge on any atom is -0.490 e. The molecule has 0 amide bonds. The summed E-state index contributed by atoms with van der Waals surface area (Å²) in [5.74, 6) is 0.844. The molecule has 0 N–H and O–H groups in total. The predicted octanol–water partition coefficient (Wildman–Crippen LogP) is 2.90. The average molecular weight is 297 g/mol. The third-order valence-electron chi connectivity index (χ3n) is 4.18. The van der Waals surface area contributed by atoms with Gasteiger partial charge in [0.05, 0.1) is 11.4 Å². The molecule has 2 aliphatic rings. The number of rotatable bonds is 4. The lowest BCUT2D eigenvalue weighted by atomic mass is 9.99. The van der Waals surface area contributed by atoms with Gasteiger partial charge in [0.15, 0.2) is 6.10 Å². The van der Waals surface area contributed by atoms with Crippen LogP contribution in [0.1, 0.15) is 30.5 Å². The molecule has 5 heteroatoms. The Hall–Kier alpha value is -2.30. The maximum absolute atomic E-state index is 5.73. The molecule has 1 unspecified atom stereocenters. The second kappa shape index (κ2) is 5.83. The molecule has 1 aromatic heterocycles. The zero-order valence-electron chi connectivity index (χ0n) is 12.4. The Labute approximate surface area is 129 Å². The van der Waals surface area contributed by atoms with E-state index in [-0.39, 0.29) is 6.10 Å². The van der Waals surface area contributed by atoms with Crippen LogP contribution in [0.3, 0.4) is 0 Å². The van der Waals surface area contributed by atoms with Crippen molar-refractivity contribution in [2.75, 3.05) is 6.61 Å². The Morgan fingerprint density at radius 1 is 1.18 bits per heavy atom. The van der Waals surface area contributed by atoms with E-state index in [1.54, 1.807) is 6.21 Å². The van der Waals surface area contributed by atoms with Crippen molar-refractivity contribution in [3.05, 3.63) is 41.7 Å². The van der Waals surface area contributed by atoms with Crippen molar-refractivity contribution in [3.63, 3.8) is 0 Å². The number of fused-ring (bicyclic) bond motifs is 1. The molecule has 0 bridgehead atoms. The van der Waals surface area contributed by atoms with Crippen LogP contribution in [0.2, 0.25) is 0 Å². The lowest BCUT2D eigenvalue weighted by Gasteiger charge is -2.10. The summed E-state index contributed by atoms with van der Waals surface area (Å²) < 4.78 is 7.71. The molecule has 1 aromatic carbocycles. The molecule has 0 spiro atoms. The summed E-state index contributed by atoms with van der Waals surface area (Å²) in [6.07, 6.45) is 9.58. The lowest BCUT2D eigenvalue weighted by Crippen LogP contribution is -2.16. The van der Waals surface area contributed by atoms with Crippen molar-refractivity contribution < 1.29 is 9.57 Å². The largest absolute Gasteiger partial charge is 0.490 e. The molecule has 0 saturated carbocycles. The summed E-state index contributed by atoms with van der Waals surface area (Å²) in [5.41, 5.74) is 3.72. The summed E-state index contributed by atoms with van der Waals surface area (Å²) in [4.78, 5) is 5.14. The molecule has 2 heterocycles. The van der Waals surface area contributed by atoms with Gasteiger partial charge in [-0.3, -0.25) is 0 Å². The highest BCUT2D eigenvalue weighted by molar-refractivity contribution is 5.58. The number of benzene rings is 1. The van der Waals surface area contributed by atoms with Gasteiger partial charge in [-0.2, -0.15) is 5.10 Å². The van der Waals surface area contributed by atoms with Gasteiger partial charge in [0.2, 0.25) is 0 Å². The fraction of sp³-hybridized carbons (Fsp3) is 0.412. The fourth-order valence-corrected chi connectivity index (χ4v) is 2.92. The predicted molar refractivity (Wildman–Crippen MR) is 83.7 cm³/mol. The van der Waals surface area contributed by atoms with E-state index in [9.17, 15) is 0 Å². The Bertz CT molecular complexity index is 644. The van der Waals surface area contributed by atoms with Gasteiger partial charge < -0.3 is 9.57 Å². The van der Waals surface area contributed by atoms with Crippen LogP contribution in [0.15, 0.2) is 35.6 Å². The first-order valence-corrected chi connectivity index (χ1v) is 7.87. The van der Waals surface area contributed by atoms with Crippen molar-refractivity contribution >= 4 is 6.21 Å². The summed E-state index contributed by atoms with van der Waals surface area (Å²) in [7, 11) is 0. The number of hydrogen-bond donors (Lipinski definition) is 0. The molecule has 0 radical (unpaired) electrons. The zero-order valence-corrected chi connectivity index (χ0v) is 12.4. The minimum atomic E-state index is 0.0394.